The maximum absolute atomic E-state index is 15.6. The lowest BCUT2D eigenvalue weighted by Crippen LogP contribution is -2.67. The Morgan fingerprint density at radius 2 is 0.397 bits per heavy atom. The topological polar surface area (TPSA) is 141 Å². The third-order valence-corrected chi connectivity index (χ3v) is 27.5. The van der Waals surface area contributed by atoms with E-state index < -0.39 is 61.4 Å². The van der Waals surface area contributed by atoms with E-state index in [1.807, 2.05) is 109 Å². The Morgan fingerprint density at radius 1 is 0.229 bits per heavy atom. The van der Waals surface area contributed by atoms with Crippen LogP contribution in [0.1, 0.15) is 421 Å². The fourth-order valence-corrected chi connectivity index (χ4v) is 19.3. The lowest BCUT2D eigenvalue weighted by molar-refractivity contribution is -0.390. The molecule has 10 atom stereocenters. The zero-order chi connectivity index (χ0) is 91.8. The molecule has 2 heterocycles. The van der Waals surface area contributed by atoms with E-state index in [0.717, 1.165) is 110 Å². The van der Waals surface area contributed by atoms with Gasteiger partial charge in [0.2, 0.25) is 11.8 Å². The van der Waals surface area contributed by atoms with Crippen molar-refractivity contribution in [3.63, 3.8) is 0 Å². The molecule has 4 unspecified atom stereocenters. The van der Waals surface area contributed by atoms with E-state index in [1.165, 1.54) is 283 Å². The van der Waals surface area contributed by atoms with Crippen LogP contribution in [-0.4, -0.2) is 86.3 Å². The van der Waals surface area contributed by atoms with Crippen molar-refractivity contribution < 1.29 is 52.2 Å². The number of carbonyl (C=O) groups is 2. The van der Waals surface area contributed by atoms with Crippen LogP contribution in [0.4, 0.5) is 0 Å². The average molecular weight is 1810 g/mol. The number of rotatable bonds is 82. The number of nitrogens with one attached hydrogen (secondary N) is 2. The van der Waals surface area contributed by atoms with Gasteiger partial charge >= 0.3 is 0 Å². The maximum atomic E-state index is 15.6. The molecule has 2 fully saturated rings. The molecule has 2 aliphatic rings. The van der Waals surface area contributed by atoms with Crippen LogP contribution in [0.5, 0.6) is 0 Å². The smallest absolute Gasteiger partial charge is 0.223 e. The minimum Gasteiger partial charge on any atom is -0.368 e. The van der Waals surface area contributed by atoms with Gasteiger partial charge in [0, 0.05) is 24.9 Å². The van der Waals surface area contributed by atoms with Gasteiger partial charge in [-0.1, -0.05) is 544 Å². The molecule has 2 saturated heterocycles. The highest BCUT2D eigenvalue weighted by molar-refractivity contribution is 5.79. The monoisotopic (exact) mass is 1810 g/mol. The quantitative estimate of drug-likeness (QED) is 0.0353. The van der Waals surface area contributed by atoms with Gasteiger partial charge in [-0.2, -0.15) is 0 Å². The van der Waals surface area contributed by atoms with Gasteiger partial charge in [0.15, 0.2) is 12.6 Å². The number of unbranched alkanes of at least 4 members (excludes halogenated alkanes) is 48. The fraction of sp³-hybridized carbons (Fsp3) is 0.678. The van der Waals surface area contributed by atoms with Crippen molar-refractivity contribution in [2.75, 3.05) is 13.1 Å². The highest BCUT2D eigenvalue weighted by Crippen LogP contribution is 2.38. The van der Waals surface area contributed by atoms with Gasteiger partial charge in [-0.3, -0.25) is 9.59 Å². The van der Waals surface area contributed by atoms with E-state index in [-0.39, 0.29) is 76.4 Å². The molecule has 13 nitrogen and oxygen atoms in total. The molecule has 6 aromatic carbocycles. The molecule has 732 valence electrons. The molecular formula is C118H184N2O11. The molecule has 2 aliphatic heterocycles. The molecule has 6 aromatic rings. The van der Waals surface area contributed by atoms with Crippen LogP contribution in [0.15, 0.2) is 182 Å². The van der Waals surface area contributed by atoms with Crippen molar-refractivity contribution in [2.24, 2.45) is 11.8 Å². The summed E-state index contributed by atoms with van der Waals surface area (Å²) in [6, 6.07) is 61.4. The normalized spacial score (nSPS) is 18.7. The van der Waals surface area contributed by atoms with Gasteiger partial charge in [0.1, 0.15) is 48.8 Å². The predicted octanol–water partition coefficient (Wildman–Crippen LogP) is 31.4. The molecular weight excluding hydrogens is 1620 g/mol. The summed E-state index contributed by atoms with van der Waals surface area (Å²) in [6.07, 6.45) is 60.2. The Labute approximate surface area is 798 Å². The molecule has 0 aliphatic carbocycles. The molecule has 0 aromatic heterocycles. The average Bonchev–Trinajstić information content (AvgIpc) is 0.767. The first-order valence-corrected chi connectivity index (χ1v) is 54.3. The number of ether oxygens (including phenoxy) is 9. The summed E-state index contributed by atoms with van der Waals surface area (Å²) in [4.78, 5) is 31.2. The minimum absolute atomic E-state index is 0.0423. The first kappa shape index (κ1) is 110. The van der Waals surface area contributed by atoms with E-state index in [9.17, 15) is 0 Å². The third kappa shape index (κ3) is 49.0. The number of hydrogen-bond donors (Lipinski definition) is 2. The van der Waals surface area contributed by atoms with E-state index in [2.05, 4.69) is 111 Å². The molecule has 0 radical (unpaired) electrons. The van der Waals surface area contributed by atoms with Crippen LogP contribution in [0.25, 0.3) is 0 Å². The second-order valence-corrected chi connectivity index (χ2v) is 38.8. The Bertz CT molecular complexity index is 3310. The number of benzene rings is 6. The van der Waals surface area contributed by atoms with E-state index in [1.54, 1.807) is 0 Å². The van der Waals surface area contributed by atoms with Crippen molar-refractivity contribution in [3.8, 4) is 0 Å². The van der Waals surface area contributed by atoms with Crippen LogP contribution in [0.2, 0.25) is 0 Å². The molecule has 0 saturated carbocycles. The lowest BCUT2D eigenvalue weighted by atomic mass is 9.92. The molecule has 13 heteroatoms. The first-order chi connectivity index (χ1) is 64.8. The van der Waals surface area contributed by atoms with E-state index >= 15 is 9.59 Å². The highest BCUT2D eigenvalue weighted by atomic mass is 16.8. The highest BCUT2D eigenvalue weighted by Gasteiger charge is 2.55. The van der Waals surface area contributed by atoms with Gasteiger partial charge in [0.05, 0.1) is 39.6 Å². The Balaban J connectivity index is 1.13. The number of hydrogen-bond acceptors (Lipinski definition) is 11. The maximum Gasteiger partial charge on any atom is 0.223 e. The van der Waals surface area contributed by atoms with Crippen LogP contribution in [0.3, 0.4) is 0 Å². The summed E-state index contributed by atoms with van der Waals surface area (Å²) in [6.45, 7) is 10.7. The standard InChI is InChI=1S/C118H184N2O11/c1-5-9-13-17-21-25-29-33-37-41-45-49-71-87-105(88-72-50-46-42-38-34-30-26-22-18-14-10-6-2)115(121)119-91-107-109(123-93-99-75-59-53-60-76-99)111(125-95-101-79-63-55-64-80-101)113(127-97-103-83-67-57-68-84-103)117(129-107)131-118-114(128-98-104-85-69-58-70-86-104)112(126-96-102-81-65-56-66-82-102)110(124-94-100-77-61-54-62-78-100)108(130-118)92-120-116(122)106(89-73-51-47-43-39-35-31-27-23-19-15-11-7-3)90-74-52-48-44-40-36-32-28-24-20-16-12-8-4/h53-70,75-86,105-114,117-118H,5-52,71-74,87-98H2,1-4H3,(H,119,121)(H,120,122)/t107?,108?,109-,110-,111-,112-,113?,114?,117-,118-/m0/s1. The Kier molecular flexibility index (Phi) is 62.4. The lowest BCUT2D eigenvalue weighted by Gasteiger charge is -2.50. The van der Waals surface area contributed by atoms with Crippen molar-refractivity contribution in [3.05, 3.63) is 215 Å². The summed E-state index contributed by atoms with van der Waals surface area (Å²) in [5.41, 5.74) is 5.81. The Morgan fingerprint density at radius 3 is 0.588 bits per heavy atom. The van der Waals surface area contributed by atoms with Crippen molar-refractivity contribution in [1.82, 2.24) is 10.6 Å². The molecule has 0 spiro atoms. The van der Waals surface area contributed by atoms with Crippen molar-refractivity contribution in [1.29, 1.82) is 0 Å². The van der Waals surface area contributed by atoms with Gasteiger partial charge in [-0.05, 0) is 59.1 Å². The predicted molar refractivity (Wildman–Crippen MR) is 543 cm³/mol. The van der Waals surface area contributed by atoms with Crippen molar-refractivity contribution >= 4 is 11.8 Å². The van der Waals surface area contributed by atoms with Crippen LogP contribution in [-0.2, 0) is 91.9 Å². The summed E-state index contributed by atoms with van der Waals surface area (Å²) < 4.78 is 67.6. The first-order valence-electron chi connectivity index (χ1n) is 54.3. The van der Waals surface area contributed by atoms with Gasteiger partial charge in [0.25, 0.3) is 0 Å². The van der Waals surface area contributed by atoms with Crippen LogP contribution >= 0.6 is 0 Å². The van der Waals surface area contributed by atoms with Gasteiger partial charge in [-0.15, -0.1) is 0 Å². The second kappa shape index (κ2) is 74.1. The molecule has 131 heavy (non-hydrogen) atoms. The number of amides is 2. The van der Waals surface area contributed by atoms with Gasteiger partial charge < -0.3 is 53.3 Å². The summed E-state index contributed by atoms with van der Waals surface area (Å²) >= 11 is 0. The molecule has 2 amide bonds. The zero-order valence-corrected chi connectivity index (χ0v) is 83.0. The third-order valence-electron chi connectivity index (χ3n) is 27.5. The minimum atomic E-state index is -1.24. The van der Waals surface area contributed by atoms with Gasteiger partial charge in [-0.25, -0.2) is 0 Å². The van der Waals surface area contributed by atoms with Crippen molar-refractivity contribution in [2.45, 2.75) is 488 Å². The van der Waals surface area contributed by atoms with Crippen LogP contribution in [0, 0.1) is 11.8 Å². The SMILES string of the molecule is CCCCCCCCCCCCCCCC(CCCCCCCCCCCCCCC)C(=O)NCC1O[C@@H](O[C@@H]2OC(CNC(=O)C(CCCCCCCCCCCCCCC)CCCCCCCCCCCCCCC)[C@H](OCc3ccccc3)[C@H](OCc3ccccc3)C2OCc2ccccc2)C(OCc2ccccc2)[C@@H](OCc2ccccc2)[C@H]1OCc1ccccc1. The molecule has 2 N–H and O–H groups in total. The number of carbonyl (C=O) groups excluding carboxylic acids is 2. The summed E-state index contributed by atoms with van der Waals surface area (Å²) in [5, 5.41) is 7.14. The summed E-state index contributed by atoms with van der Waals surface area (Å²) in [7, 11) is 0. The zero-order valence-electron chi connectivity index (χ0n) is 83.0. The fourth-order valence-electron chi connectivity index (χ4n) is 19.3. The van der Waals surface area contributed by atoms with E-state index in [4.69, 9.17) is 42.6 Å². The van der Waals surface area contributed by atoms with Crippen LogP contribution < -0.4 is 10.6 Å². The summed E-state index contributed by atoms with van der Waals surface area (Å²) in [5.74, 6) is -0.256. The molecule has 8 rings (SSSR count). The molecule has 0 bridgehead atoms. The largest absolute Gasteiger partial charge is 0.368 e. The second-order valence-electron chi connectivity index (χ2n) is 38.8. The Hall–Kier alpha value is -6.10. The van der Waals surface area contributed by atoms with E-state index in [0.29, 0.717) is 0 Å².